The van der Waals surface area contributed by atoms with Gasteiger partial charge in [-0.1, -0.05) is 12.6 Å². The molecule has 0 unspecified atom stereocenters. The lowest BCUT2D eigenvalue weighted by Crippen LogP contribution is -2.44. The number of hydrogen-bond donors (Lipinski definition) is 0. The zero-order valence-corrected chi connectivity index (χ0v) is 8.79. The number of pyridine rings is 1. The topological polar surface area (TPSA) is 22.1 Å². The predicted molar refractivity (Wildman–Crippen MR) is 56.2 cm³/mol. The average Bonchev–Trinajstić information content (AvgIpc) is 2.11. The smallest absolute Gasteiger partial charge is 0.216 e. The third-order valence-electron chi connectivity index (χ3n) is 2.93. The molecule has 0 atom stereocenters. The lowest BCUT2D eigenvalue weighted by atomic mass is 9.75. The molecule has 2 nitrogen and oxygen atoms in total. The largest absolute Gasteiger partial charge is 0.466 e. The van der Waals surface area contributed by atoms with Crippen LogP contribution in [0, 0.1) is 5.95 Å². The van der Waals surface area contributed by atoms with Gasteiger partial charge in [0, 0.05) is 6.07 Å². The minimum Gasteiger partial charge on any atom is -0.466 e. The first-order valence-electron chi connectivity index (χ1n) is 5.10. The zero-order valence-electron chi connectivity index (χ0n) is 8.79. The molecule has 1 aromatic rings. The maximum Gasteiger partial charge on any atom is 0.216 e. The SMILES string of the molecule is C=C(C)C1(Oc2cccc(F)n2)CCC1. The van der Waals surface area contributed by atoms with Crippen molar-refractivity contribution in [3.63, 3.8) is 0 Å². The van der Waals surface area contributed by atoms with Crippen LogP contribution in [0.5, 0.6) is 5.88 Å². The lowest BCUT2D eigenvalue weighted by Gasteiger charge is -2.42. The van der Waals surface area contributed by atoms with Crippen molar-refractivity contribution in [2.24, 2.45) is 0 Å². The van der Waals surface area contributed by atoms with Gasteiger partial charge in [-0.3, -0.25) is 0 Å². The molecular weight excluding hydrogens is 193 g/mol. The minimum atomic E-state index is -0.510. The molecule has 0 saturated heterocycles. The molecule has 0 spiro atoms. The quantitative estimate of drug-likeness (QED) is 0.561. The Hall–Kier alpha value is -1.38. The van der Waals surface area contributed by atoms with Gasteiger partial charge in [0.15, 0.2) is 0 Å². The van der Waals surface area contributed by atoms with E-state index in [1.807, 2.05) is 6.92 Å². The summed E-state index contributed by atoms with van der Waals surface area (Å²) in [5.41, 5.74) is 0.681. The van der Waals surface area contributed by atoms with Gasteiger partial charge in [0.25, 0.3) is 0 Å². The molecule has 1 aliphatic rings. The molecule has 2 rings (SSSR count). The van der Waals surface area contributed by atoms with Crippen molar-refractivity contribution in [1.29, 1.82) is 0 Å². The molecule has 0 aromatic carbocycles. The van der Waals surface area contributed by atoms with Crippen molar-refractivity contribution in [3.8, 4) is 5.88 Å². The summed E-state index contributed by atoms with van der Waals surface area (Å²) in [5, 5.41) is 0. The molecule has 80 valence electrons. The van der Waals surface area contributed by atoms with E-state index in [1.165, 1.54) is 6.07 Å². The first kappa shape index (κ1) is 10.1. The predicted octanol–water partition coefficient (Wildman–Crippen LogP) is 3.10. The van der Waals surface area contributed by atoms with Crippen LogP contribution in [0.25, 0.3) is 0 Å². The summed E-state index contributed by atoms with van der Waals surface area (Å²) < 4.78 is 18.6. The van der Waals surface area contributed by atoms with Crippen molar-refractivity contribution in [2.75, 3.05) is 0 Å². The van der Waals surface area contributed by atoms with Crippen LogP contribution in [-0.2, 0) is 0 Å². The summed E-state index contributed by atoms with van der Waals surface area (Å²) in [4.78, 5) is 3.69. The Morgan fingerprint density at radius 1 is 1.53 bits per heavy atom. The highest BCUT2D eigenvalue weighted by Gasteiger charge is 2.40. The maximum atomic E-state index is 12.9. The number of rotatable bonds is 3. The van der Waals surface area contributed by atoms with Crippen molar-refractivity contribution in [1.82, 2.24) is 4.98 Å². The third kappa shape index (κ3) is 1.87. The molecule has 1 saturated carbocycles. The monoisotopic (exact) mass is 207 g/mol. The summed E-state index contributed by atoms with van der Waals surface area (Å²) in [5.74, 6) is -0.165. The summed E-state index contributed by atoms with van der Waals surface area (Å²) in [6.45, 7) is 5.86. The maximum absolute atomic E-state index is 12.9. The fourth-order valence-electron chi connectivity index (χ4n) is 1.76. The highest BCUT2D eigenvalue weighted by Crippen LogP contribution is 2.40. The Kier molecular flexibility index (Phi) is 2.47. The Balaban J connectivity index is 2.17. The fraction of sp³-hybridized carbons (Fsp3) is 0.417. The summed E-state index contributed by atoms with van der Waals surface area (Å²) in [6.07, 6.45) is 3.02. The van der Waals surface area contributed by atoms with Crippen LogP contribution in [0.15, 0.2) is 30.4 Å². The first-order valence-corrected chi connectivity index (χ1v) is 5.10. The molecule has 1 aliphatic carbocycles. The summed E-state index contributed by atoms with van der Waals surface area (Å²) in [6, 6.07) is 4.58. The van der Waals surface area contributed by atoms with E-state index >= 15 is 0 Å². The van der Waals surface area contributed by atoms with Crippen molar-refractivity contribution < 1.29 is 9.13 Å². The van der Waals surface area contributed by atoms with Gasteiger partial charge in [-0.15, -0.1) is 0 Å². The van der Waals surface area contributed by atoms with Crippen LogP contribution in [-0.4, -0.2) is 10.6 Å². The molecule has 1 fully saturated rings. The molecule has 1 heterocycles. The van der Waals surface area contributed by atoms with E-state index in [9.17, 15) is 4.39 Å². The second kappa shape index (κ2) is 3.65. The molecule has 0 radical (unpaired) electrons. The molecule has 0 amide bonds. The van der Waals surface area contributed by atoms with Gasteiger partial charge in [-0.05, 0) is 37.8 Å². The summed E-state index contributed by atoms with van der Waals surface area (Å²) >= 11 is 0. The Bertz CT molecular complexity index is 385. The van der Waals surface area contributed by atoms with Crippen molar-refractivity contribution in [3.05, 3.63) is 36.3 Å². The van der Waals surface area contributed by atoms with Crippen LogP contribution >= 0.6 is 0 Å². The lowest BCUT2D eigenvalue weighted by molar-refractivity contribution is 0.0241. The second-order valence-corrected chi connectivity index (χ2v) is 4.03. The first-order chi connectivity index (χ1) is 7.12. The van der Waals surface area contributed by atoms with Gasteiger partial charge in [0.05, 0.1) is 0 Å². The zero-order chi connectivity index (χ0) is 10.9. The standard InChI is InChI=1S/C12H14FNO/c1-9(2)12(7-4-8-12)15-11-6-3-5-10(13)14-11/h3,5-6H,1,4,7-8H2,2H3. The molecule has 0 aliphatic heterocycles. The molecule has 0 bridgehead atoms. The van der Waals surface area contributed by atoms with Crippen LogP contribution in [0.1, 0.15) is 26.2 Å². The number of nitrogens with zero attached hydrogens (tertiary/aromatic N) is 1. The van der Waals surface area contributed by atoms with Crippen LogP contribution < -0.4 is 4.74 Å². The Morgan fingerprint density at radius 3 is 2.73 bits per heavy atom. The van der Waals surface area contributed by atoms with Gasteiger partial charge in [0.2, 0.25) is 11.8 Å². The van der Waals surface area contributed by atoms with E-state index < -0.39 is 5.95 Å². The van der Waals surface area contributed by atoms with Crippen LogP contribution in [0.3, 0.4) is 0 Å². The average molecular weight is 207 g/mol. The van der Waals surface area contributed by atoms with E-state index in [-0.39, 0.29) is 5.60 Å². The Morgan fingerprint density at radius 2 is 2.27 bits per heavy atom. The third-order valence-corrected chi connectivity index (χ3v) is 2.93. The van der Waals surface area contributed by atoms with E-state index in [1.54, 1.807) is 12.1 Å². The summed E-state index contributed by atoms with van der Waals surface area (Å²) in [7, 11) is 0. The van der Waals surface area contributed by atoms with Crippen LogP contribution in [0.4, 0.5) is 4.39 Å². The van der Waals surface area contributed by atoms with Gasteiger partial charge in [-0.25, -0.2) is 0 Å². The van der Waals surface area contributed by atoms with Crippen molar-refractivity contribution >= 4 is 0 Å². The highest BCUT2D eigenvalue weighted by molar-refractivity contribution is 5.21. The van der Waals surface area contributed by atoms with E-state index in [0.717, 1.165) is 24.8 Å². The molecular formula is C12H14FNO. The van der Waals surface area contributed by atoms with Gasteiger partial charge in [-0.2, -0.15) is 9.37 Å². The molecule has 3 heteroatoms. The minimum absolute atomic E-state index is 0.305. The normalized spacial score (nSPS) is 18.0. The molecule has 15 heavy (non-hydrogen) atoms. The number of halogens is 1. The number of aromatic nitrogens is 1. The van der Waals surface area contributed by atoms with E-state index in [4.69, 9.17) is 4.74 Å². The molecule has 0 N–H and O–H groups in total. The van der Waals surface area contributed by atoms with Gasteiger partial charge in [0.1, 0.15) is 5.60 Å². The second-order valence-electron chi connectivity index (χ2n) is 4.03. The van der Waals surface area contributed by atoms with Gasteiger partial charge >= 0.3 is 0 Å². The molecule has 1 aromatic heterocycles. The van der Waals surface area contributed by atoms with Crippen LogP contribution in [0.2, 0.25) is 0 Å². The van der Waals surface area contributed by atoms with Gasteiger partial charge < -0.3 is 4.74 Å². The highest BCUT2D eigenvalue weighted by atomic mass is 19.1. The number of ether oxygens (including phenoxy) is 1. The van der Waals surface area contributed by atoms with E-state index in [0.29, 0.717) is 5.88 Å². The van der Waals surface area contributed by atoms with E-state index in [2.05, 4.69) is 11.6 Å². The van der Waals surface area contributed by atoms with Crippen molar-refractivity contribution in [2.45, 2.75) is 31.8 Å². The fourth-order valence-corrected chi connectivity index (χ4v) is 1.76. The number of hydrogen-bond acceptors (Lipinski definition) is 2. The Labute approximate surface area is 88.8 Å².